The lowest BCUT2D eigenvalue weighted by Gasteiger charge is -2.33. The number of hydrogen-bond acceptors (Lipinski definition) is 5. The van der Waals surface area contributed by atoms with E-state index in [1.54, 1.807) is 0 Å². The second kappa shape index (κ2) is 11.1. The van der Waals surface area contributed by atoms with E-state index in [-0.39, 0.29) is 0 Å². The van der Waals surface area contributed by atoms with Crippen LogP contribution in [0.2, 0.25) is 0 Å². The van der Waals surface area contributed by atoms with Gasteiger partial charge in [-0.1, -0.05) is 30.3 Å². The topological polar surface area (TPSA) is 78.0 Å². The maximum Gasteiger partial charge on any atom is 0.137 e. The lowest BCUT2D eigenvalue weighted by Crippen LogP contribution is -2.46. The number of likely N-dealkylation sites (N-methyl/N-ethyl adjacent to an activating group) is 2. The molecule has 4 heterocycles. The zero-order chi connectivity index (χ0) is 25.8. The number of piperazine rings is 2. The van der Waals surface area contributed by atoms with Crippen molar-refractivity contribution in [3.05, 3.63) is 72.1 Å². The number of imidazole rings is 1. The molecule has 0 unspecified atom stereocenters. The Bertz CT molecular complexity index is 1300. The summed E-state index contributed by atoms with van der Waals surface area (Å²) in [6.07, 6.45) is 11.9. The van der Waals surface area contributed by atoms with E-state index >= 15 is 0 Å². The Labute approximate surface area is 219 Å². The number of benzene rings is 1. The van der Waals surface area contributed by atoms with E-state index < -0.39 is 0 Å². The average molecular weight is 497 g/mol. The Morgan fingerprint density at radius 2 is 1.19 bits per heavy atom. The SMILES string of the molecule is CN1CCN(C(=N)/C=C/c2ccc(-c3cn4cc(/C=C/C(=N)N5CCN(C)CC5)ccc4n3)cc2)CC1. The summed E-state index contributed by atoms with van der Waals surface area (Å²) in [6.45, 7) is 7.61. The van der Waals surface area contributed by atoms with Crippen LogP contribution in [0, 0.1) is 10.8 Å². The standard InChI is InChI=1S/C29H36N8/c1-33-13-17-35(18-14-33)27(30)10-5-23-3-8-25(9-4-23)26-22-37-21-24(7-12-29(37)32-26)6-11-28(31)36-19-15-34(2)16-20-36/h3-12,21-22,30-31H,13-20H2,1-2H3/b10-5+,11-6+,30-27?,31-28?. The summed E-state index contributed by atoms with van der Waals surface area (Å²) in [6, 6.07) is 12.4. The molecule has 1 aromatic carbocycles. The first-order chi connectivity index (χ1) is 17.9. The summed E-state index contributed by atoms with van der Waals surface area (Å²) in [5, 5.41) is 16.7. The third kappa shape index (κ3) is 6.15. The third-order valence-corrected chi connectivity index (χ3v) is 7.24. The van der Waals surface area contributed by atoms with Crippen molar-refractivity contribution in [1.29, 1.82) is 10.8 Å². The number of nitrogens with one attached hydrogen (secondary N) is 2. The van der Waals surface area contributed by atoms with E-state index in [1.807, 2.05) is 47.0 Å². The molecule has 0 bridgehead atoms. The van der Waals surface area contributed by atoms with Crippen LogP contribution < -0.4 is 0 Å². The van der Waals surface area contributed by atoms with Crippen LogP contribution in [0.5, 0.6) is 0 Å². The van der Waals surface area contributed by atoms with Gasteiger partial charge in [-0.3, -0.25) is 10.8 Å². The van der Waals surface area contributed by atoms with Crippen molar-refractivity contribution in [2.45, 2.75) is 0 Å². The number of fused-ring (bicyclic) bond motifs is 1. The van der Waals surface area contributed by atoms with Gasteiger partial charge in [0.05, 0.1) is 5.69 Å². The van der Waals surface area contributed by atoms with Crippen molar-refractivity contribution in [1.82, 2.24) is 29.0 Å². The Kier molecular flexibility index (Phi) is 7.48. The molecule has 8 nitrogen and oxygen atoms in total. The molecule has 192 valence electrons. The maximum absolute atomic E-state index is 8.39. The van der Waals surface area contributed by atoms with Crippen LogP contribution in [-0.2, 0) is 0 Å². The summed E-state index contributed by atoms with van der Waals surface area (Å²) >= 11 is 0. The number of amidine groups is 2. The molecule has 2 saturated heterocycles. The molecule has 2 aliphatic rings. The molecule has 2 N–H and O–H groups in total. The van der Waals surface area contributed by atoms with E-state index in [0.717, 1.165) is 80.4 Å². The summed E-state index contributed by atoms with van der Waals surface area (Å²) < 4.78 is 2.04. The zero-order valence-electron chi connectivity index (χ0n) is 21.8. The summed E-state index contributed by atoms with van der Waals surface area (Å²) in [4.78, 5) is 13.6. The van der Waals surface area contributed by atoms with Crippen molar-refractivity contribution < 1.29 is 0 Å². The summed E-state index contributed by atoms with van der Waals surface area (Å²) in [7, 11) is 4.25. The highest BCUT2D eigenvalue weighted by Gasteiger charge is 2.15. The first kappa shape index (κ1) is 24.9. The Balaban J connectivity index is 1.22. The average Bonchev–Trinajstić information content (AvgIpc) is 3.35. The smallest absolute Gasteiger partial charge is 0.137 e. The first-order valence-corrected chi connectivity index (χ1v) is 12.9. The van der Waals surface area contributed by atoms with Gasteiger partial charge in [-0.15, -0.1) is 0 Å². The highest BCUT2D eigenvalue weighted by Crippen LogP contribution is 2.21. The van der Waals surface area contributed by atoms with Crippen LogP contribution in [0.3, 0.4) is 0 Å². The van der Waals surface area contributed by atoms with Crippen LogP contribution in [0.4, 0.5) is 0 Å². The van der Waals surface area contributed by atoms with Crippen molar-refractivity contribution in [3.8, 4) is 11.3 Å². The molecule has 8 heteroatoms. The van der Waals surface area contributed by atoms with E-state index in [1.165, 1.54) is 0 Å². The van der Waals surface area contributed by atoms with Gasteiger partial charge < -0.3 is 24.0 Å². The van der Waals surface area contributed by atoms with Gasteiger partial charge in [0.15, 0.2) is 0 Å². The van der Waals surface area contributed by atoms with E-state index in [2.05, 4.69) is 64.2 Å². The lowest BCUT2D eigenvalue weighted by molar-refractivity contribution is 0.215. The molecule has 0 amide bonds. The predicted octanol–water partition coefficient (Wildman–Crippen LogP) is 3.48. The normalized spacial score (nSPS) is 17.9. The van der Waals surface area contributed by atoms with Gasteiger partial charge in [0.25, 0.3) is 0 Å². The van der Waals surface area contributed by atoms with Gasteiger partial charge in [-0.2, -0.15) is 0 Å². The quantitative estimate of drug-likeness (QED) is 0.418. The fraction of sp³-hybridized carbons (Fsp3) is 0.345. The summed E-state index contributed by atoms with van der Waals surface area (Å²) in [5.74, 6) is 1.13. The molecule has 0 radical (unpaired) electrons. The fourth-order valence-corrected chi connectivity index (χ4v) is 4.67. The van der Waals surface area contributed by atoms with Crippen LogP contribution in [0.15, 0.2) is 60.9 Å². The van der Waals surface area contributed by atoms with Gasteiger partial charge in [0, 0.05) is 70.3 Å². The maximum atomic E-state index is 8.39. The minimum absolute atomic E-state index is 0.562. The van der Waals surface area contributed by atoms with Crippen LogP contribution >= 0.6 is 0 Å². The molecular weight excluding hydrogens is 460 g/mol. The second-order valence-electron chi connectivity index (χ2n) is 9.99. The number of nitrogens with zero attached hydrogens (tertiary/aromatic N) is 6. The third-order valence-electron chi connectivity index (χ3n) is 7.24. The Morgan fingerprint density at radius 1 is 0.676 bits per heavy atom. The molecule has 2 aromatic heterocycles. The molecule has 0 saturated carbocycles. The molecule has 37 heavy (non-hydrogen) atoms. The van der Waals surface area contributed by atoms with Crippen LogP contribution in [0.25, 0.3) is 29.1 Å². The molecule has 2 fully saturated rings. The van der Waals surface area contributed by atoms with Crippen LogP contribution in [0.1, 0.15) is 11.1 Å². The van der Waals surface area contributed by atoms with Crippen LogP contribution in [-0.4, -0.2) is 107 Å². The van der Waals surface area contributed by atoms with E-state index in [4.69, 9.17) is 15.8 Å². The van der Waals surface area contributed by atoms with Gasteiger partial charge in [0.1, 0.15) is 17.3 Å². The Morgan fingerprint density at radius 3 is 1.76 bits per heavy atom. The molecule has 3 aromatic rings. The number of pyridine rings is 1. The highest BCUT2D eigenvalue weighted by atomic mass is 15.3. The lowest BCUT2D eigenvalue weighted by atomic mass is 10.1. The van der Waals surface area contributed by atoms with Crippen molar-refractivity contribution in [2.24, 2.45) is 0 Å². The minimum Gasteiger partial charge on any atom is -0.355 e. The monoisotopic (exact) mass is 496 g/mol. The second-order valence-corrected chi connectivity index (χ2v) is 9.99. The fourth-order valence-electron chi connectivity index (χ4n) is 4.67. The first-order valence-electron chi connectivity index (χ1n) is 12.9. The van der Waals surface area contributed by atoms with E-state index in [0.29, 0.717) is 11.7 Å². The Hall–Kier alpha value is -3.75. The molecular formula is C29H36N8. The minimum atomic E-state index is 0.562. The van der Waals surface area contributed by atoms with Crippen molar-refractivity contribution >= 4 is 29.5 Å². The van der Waals surface area contributed by atoms with Crippen molar-refractivity contribution in [2.75, 3.05) is 66.5 Å². The number of aromatic nitrogens is 2. The number of rotatable bonds is 5. The number of hydrogen-bond donors (Lipinski definition) is 2. The predicted molar refractivity (Wildman–Crippen MR) is 152 cm³/mol. The molecule has 0 atom stereocenters. The molecule has 0 spiro atoms. The molecule has 2 aliphatic heterocycles. The van der Waals surface area contributed by atoms with Gasteiger partial charge in [-0.05, 0) is 55.6 Å². The van der Waals surface area contributed by atoms with E-state index in [9.17, 15) is 0 Å². The molecule has 0 aliphatic carbocycles. The van der Waals surface area contributed by atoms with Gasteiger partial charge in [-0.25, -0.2) is 4.98 Å². The van der Waals surface area contributed by atoms with Crippen molar-refractivity contribution in [3.63, 3.8) is 0 Å². The largest absolute Gasteiger partial charge is 0.355 e. The highest BCUT2D eigenvalue weighted by molar-refractivity contribution is 5.94. The molecule has 5 rings (SSSR count). The van der Waals surface area contributed by atoms with Gasteiger partial charge >= 0.3 is 0 Å². The summed E-state index contributed by atoms with van der Waals surface area (Å²) in [5.41, 5.74) is 4.99. The zero-order valence-corrected chi connectivity index (χ0v) is 21.8. The van der Waals surface area contributed by atoms with Gasteiger partial charge in [0.2, 0.25) is 0 Å².